The summed E-state index contributed by atoms with van der Waals surface area (Å²) in [6.45, 7) is -0.161. The van der Waals surface area contributed by atoms with Crippen LogP contribution in [-0.4, -0.2) is 47.5 Å². The molecule has 8 heteroatoms. The minimum absolute atomic E-state index is 0.0193. The van der Waals surface area contributed by atoms with E-state index in [0.29, 0.717) is 5.75 Å². The van der Waals surface area contributed by atoms with Crippen LogP contribution < -0.4 is 10.6 Å². The van der Waals surface area contributed by atoms with Gasteiger partial charge in [-0.1, -0.05) is 12.1 Å². The predicted octanol–water partition coefficient (Wildman–Crippen LogP) is 0.486. The van der Waals surface area contributed by atoms with Crippen molar-refractivity contribution >= 4 is 29.5 Å². The average Bonchev–Trinajstić information content (AvgIpc) is 2.51. The van der Waals surface area contributed by atoms with Crippen LogP contribution in [0.2, 0.25) is 0 Å². The van der Waals surface area contributed by atoms with Gasteiger partial charge in [-0.25, -0.2) is 4.79 Å². The number of thioether (sulfide) groups is 1. The van der Waals surface area contributed by atoms with Gasteiger partial charge in [0.05, 0.1) is 17.2 Å². The van der Waals surface area contributed by atoms with Gasteiger partial charge < -0.3 is 15.7 Å². The Balaban J connectivity index is 2.90. The van der Waals surface area contributed by atoms with Gasteiger partial charge in [0.15, 0.2) is 0 Å². The molecule has 0 saturated carbocycles. The Morgan fingerprint density at radius 3 is 2.50 bits per heavy atom. The number of hydrogen-bond donors (Lipinski definition) is 3. The second kappa shape index (κ2) is 8.69. The summed E-state index contributed by atoms with van der Waals surface area (Å²) >= 11 is 1.34. The summed E-state index contributed by atoms with van der Waals surface area (Å²) in [5.41, 5.74) is -0.158. The Morgan fingerprint density at radius 1 is 1.32 bits per heavy atom. The highest BCUT2D eigenvalue weighted by molar-refractivity contribution is 7.98. The first-order valence-corrected chi connectivity index (χ1v) is 7.67. The van der Waals surface area contributed by atoms with Gasteiger partial charge >= 0.3 is 5.97 Å². The van der Waals surface area contributed by atoms with Crippen LogP contribution in [0.25, 0.3) is 0 Å². The molecule has 1 atom stereocenters. The number of nitrogens with zero attached hydrogens (tertiary/aromatic N) is 1. The van der Waals surface area contributed by atoms with Gasteiger partial charge in [0.2, 0.25) is 5.91 Å². The highest BCUT2D eigenvalue weighted by Crippen LogP contribution is 2.09. The number of nitrogens with one attached hydrogen (secondary N) is 2. The molecule has 7 nitrogen and oxygen atoms in total. The third-order valence-corrected chi connectivity index (χ3v) is 3.37. The number of carbonyl (C=O) groups is 3. The van der Waals surface area contributed by atoms with Crippen LogP contribution in [0, 0.1) is 11.3 Å². The van der Waals surface area contributed by atoms with Crippen molar-refractivity contribution in [3.63, 3.8) is 0 Å². The quantitative estimate of drug-likeness (QED) is 0.629. The number of carboxylic acid groups (broad SMARTS) is 1. The van der Waals surface area contributed by atoms with E-state index in [2.05, 4.69) is 10.6 Å². The van der Waals surface area contributed by atoms with Gasteiger partial charge in [0.1, 0.15) is 12.6 Å². The molecule has 2 amide bonds. The lowest BCUT2D eigenvalue weighted by Gasteiger charge is -2.17. The number of hydrogen-bond acceptors (Lipinski definition) is 5. The van der Waals surface area contributed by atoms with Crippen molar-refractivity contribution in [3.05, 3.63) is 35.4 Å². The maximum Gasteiger partial charge on any atom is 0.336 e. The largest absolute Gasteiger partial charge is 0.478 e. The average molecular weight is 321 g/mol. The van der Waals surface area contributed by atoms with E-state index in [1.807, 2.05) is 0 Å². The Labute approximate surface area is 131 Å². The van der Waals surface area contributed by atoms with Crippen LogP contribution in [0.1, 0.15) is 20.7 Å². The first-order chi connectivity index (χ1) is 10.5. The Morgan fingerprint density at radius 2 is 1.95 bits per heavy atom. The minimum Gasteiger partial charge on any atom is -0.478 e. The monoisotopic (exact) mass is 321 g/mol. The molecule has 22 heavy (non-hydrogen) atoms. The lowest BCUT2D eigenvalue weighted by Crippen LogP contribution is -2.48. The molecule has 1 unspecified atom stereocenters. The van der Waals surface area contributed by atoms with Crippen molar-refractivity contribution in [2.45, 2.75) is 6.04 Å². The topological polar surface area (TPSA) is 119 Å². The highest BCUT2D eigenvalue weighted by atomic mass is 32.2. The molecule has 0 saturated heterocycles. The number of carbonyl (C=O) groups excluding carboxylic acids is 2. The molecule has 0 spiro atoms. The molecule has 1 rings (SSSR count). The van der Waals surface area contributed by atoms with E-state index in [-0.39, 0.29) is 17.7 Å². The van der Waals surface area contributed by atoms with E-state index in [1.165, 1.54) is 30.0 Å². The van der Waals surface area contributed by atoms with Gasteiger partial charge in [-0.3, -0.25) is 9.59 Å². The smallest absolute Gasteiger partial charge is 0.336 e. The van der Waals surface area contributed by atoms with E-state index in [1.54, 1.807) is 18.4 Å². The van der Waals surface area contributed by atoms with Crippen molar-refractivity contribution in [2.24, 2.45) is 0 Å². The normalized spacial score (nSPS) is 11.1. The second-order valence-electron chi connectivity index (χ2n) is 4.21. The molecule has 0 aliphatic rings. The number of carboxylic acids is 1. The van der Waals surface area contributed by atoms with Gasteiger partial charge in [-0.15, -0.1) is 0 Å². The molecule has 116 valence electrons. The van der Waals surface area contributed by atoms with Crippen molar-refractivity contribution in [1.82, 2.24) is 10.6 Å². The van der Waals surface area contributed by atoms with Crippen LogP contribution >= 0.6 is 11.8 Å². The number of aromatic carboxylic acids is 1. The molecule has 0 aliphatic carbocycles. The number of benzene rings is 1. The van der Waals surface area contributed by atoms with Crippen molar-refractivity contribution < 1.29 is 19.5 Å². The summed E-state index contributed by atoms with van der Waals surface area (Å²) in [4.78, 5) is 35.2. The third-order valence-electron chi connectivity index (χ3n) is 2.70. The maximum absolute atomic E-state index is 12.2. The van der Waals surface area contributed by atoms with E-state index < -0.39 is 23.8 Å². The summed E-state index contributed by atoms with van der Waals surface area (Å²) in [5, 5.41) is 22.4. The molecule has 0 fully saturated rings. The lowest BCUT2D eigenvalue weighted by molar-refractivity contribution is -0.122. The molecule has 1 aromatic rings. The van der Waals surface area contributed by atoms with E-state index in [4.69, 9.17) is 10.4 Å². The van der Waals surface area contributed by atoms with Crippen LogP contribution in [0.4, 0.5) is 0 Å². The summed E-state index contributed by atoms with van der Waals surface area (Å²) in [7, 11) is 0. The molecule has 1 aromatic carbocycles. The molecule has 0 aliphatic heterocycles. The molecule has 0 aromatic heterocycles. The highest BCUT2D eigenvalue weighted by Gasteiger charge is 2.23. The SMILES string of the molecule is CSCC(NC(=O)c1ccccc1C(=O)O)C(=O)NCC#N. The van der Waals surface area contributed by atoms with Crippen LogP contribution in [0.15, 0.2) is 24.3 Å². The predicted molar refractivity (Wildman–Crippen MR) is 81.7 cm³/mol. The Bertz CT molecular complexity index is 612. The van der Waals surface area contributed by atoms with Crippen LogP contribution in [0.5, 0.6) is 0 Å². The number of amides is 2. The van der Waals surface area contributed by atoms with E-state index >= 15 is 0 Å². The summed E-state index contributed by atoms with van der Waals surface area (Å²) in [5.74, 6) is -2.06. The van der Waals surface area contributed by atoms with Crippen molar-refractivity contribution in [3.8, 4) is 6.07 Å². The third kappa shape index (κ3) is 4.79. The van der Waals surface area contributed by atoms with Crippen LogP contribution in [0.3, 0.4) is 0 Å². The van der Waals surface area contributed by atoms with Gasteiger partial charge in [0.25, 0.3) is 5.91 Å². The van der Waals surface area contributed by atoms with E-state index in [0.717, 1.165) is 0 Å². The lowest BCUT2D eigenvalue weighted by atomic mass is 10.1. The Hall–Kier alpha value is -2.53. The number of rotatable bonds is 7. The zero-order chi connectivity index (χ0) is 16.5. The summed E-state index contributed by atoms with van der Waals surface area (Å²) < 4.78 is 0. The Kier molecular flexibility index (Phi) is 6.92. The van der Waals surface area contributed by atoms with E-state index in [9.17, 15) is 14.4 Å². The summed E-state index contributed by atoms with van der Waals surface area (Å²) in [6, 6.07) is 6.67. The van der Waals surface area contributed by atoms with Crippen molar-refractivity contribution in [2.75, 3.05) is 18.6 Å². The zero-order valence-electron chi connectivity index (χ0n) is 11.8. The number of nitriles is 1. The molecular formula is C14H15N3O4S. The van der Waals surface area contributed by atoms with Gasteiger partial charge in [-0.05, 0) is 18.4 Å². The standard InChI is InChI=1S/C14H15N3O4S/c1-22-8-11(13(19)16-7-6-15)17-12(18)9-4-2-3-5-10(9)14(20)21/h2-5,11H,7-8H2,1H3,(H,16,19)(H,17,18)(H,20,21). The van der Waals surface area contributed by atoms with Crippen LogP contribution in [-0.2, 0) is 4.79 Å². The van der Waals surface area contributed by atoms with Gasteiger partial charge in [0, 0.05) is 5.75 Å². The fourth-order valence-electron chi connectivity index (χ4n) is 1.70. The maximum atomic E-state index is 12.2. The van der Waals surface area contributed by atoms with Crippen molar-refractivity contribution in [1.29, 1.82) is 5.26 Å². The summed E-state index contributed by atoms with van der Waals surface area (Å²) in [6.07, 6.45) is 1.77. The first-order valence-electron chi connectivity index (χ1n) is 6.28. The molecule has 0 heterocycles. The molecule has 0 radical (unpaired) electrons. The van der Waals surface area contributed by atoms with Gasteiger partial charge in [-0.2, -0.15) is 17.0 Å². The molecular weight excluding hydrogens is 306 g/mol. The minimum atomic E-state index is -1.22. The molecule has 3 N–H and O–H groups in total. The first kappa shape index (κ1) is 17.5. The fraction of sp³-hybridized carbons (Fsp3) is 0.286. The molecule has 0 bridgehead atoms. The zero-order valence-corrected chi connectivity index (χ0v) is 12.6. The fourth-order valence-corrected chi connectivity index (χ4v) is 2.27. The second-order valence-corrected chi connectivity index (χ2v) is 5.12.